The summed E-state index contributed by atoms with van der Waals surface area (Å²) in [4.78, 5) is 10.9. The summed E-state index contributed by atoms with van der Waals surface area (Å²) < 4.78 is 0. The fourth-order valence-corrected chi connectivity index (χ4v) is 2.81. The summed E-state index contributed by atoms with van der Waals surface area (Å²) in [6.45, 7) is 5.00. The molecular weight excluding hydrogens is 190 g/mol. The molecule has 1 aliphatic carbocycles. The minimum Gasteiger partial charge on any atom is -0.481 e. The molecule has 1 aliphatic rings. The quantitative estimate of drug-likeness (QED) is 0.707. The van der Waals surface area contributed by atoms with Gasteiger partial charge >= 0.3 is 5.97 Å². The molecule has 15 heavy (non-hydrogen) atoms. The van der Waals surface area contributed by atoms with Gasteiger partial charge in [-0.2, -0.15) is 0 Å². The molecule has 3 nitrogen and oxygen atoms in total. The van der Waals surface area contributed by atoms with E-state index in [1.54, 1.807) is 0 Å². The zero-order chi connectivity index (χ0) is 11.5. The number of carbonyl (C=O) groups is 1. The minimum atomic E-state index is -0.706. The highest BCUT2D eigenvalue weighted by atomic mass is 16.4. The Balaban J connectivity index is 2.74. The number of nitrogens with two attached hydrogens (primary N) is 1. The van der Waals surface area contributed by atoms with Crippen LogP contribution in [0.3, 0.4) is 0 Å². The first-order valence-corrected chi connectivity index (χ1v) is 5.91. The highest BCUT2D eigenvalue weighted by Crippen LogP contribution is 2.41. The highest BCUT2D eigenvalue weighted by molar-refractivity contribution is 5.67. The first kappa shape index (κ1) is 12.5. The van der Waals surface area contributed by atoms with Crippen molar-refractivity contribution in [2.75, 3.05) is 6.54 Å². The van der Waals surface area contributed by atoms with Gasteiger partial charge in [0.15, 0.2) is 0 Å². The molecule has 1 fully saturated rings. The van der Waals surface area contributed by atoms with E-state index in [2.05, 4.69) is 13.8 Å². The Morgan fingerprint density at radius 1 is 1.47 bits per heavy atom. The normalized spacial score (nSPS) is 37.3. The summed E-state index contributed by atoms with van der Waals surface area (Å²) in [5.41, 5.74) is 5.66. The van der Waals surface area contributed by atoms with E-state index in [9.17, 15) is 4.79 Å². The van der Waals surface area contributed by atoms with Crippen molar-refractivity contribution in [3.8, 4) is 0 Å². The maximum Gasteiger partial charge on any atom is 0.303 e. The highest BCUT2D eigenvalue weighted by Gasteiger charge is 2.36. The Morgan fingerprint density at radius 3 is 2.67 bits per heavy atom. The number of carboxylic acid groups (broad SMARTS) is 1. The maximum absolute atomic E-state index is 10.9. The van der Waals surface area contributed by atoms with Crippen molar-refractivity contribution in [2.24, 2.45) is 23.0 Å². The van der Waals surface area contributed by atoms with Crippen LogP contribution in [0, 0.1) is 17.3 Å². The lowest BCUT2D eigenvalue weighted by Gasteiger charge is -2.32. The van der Waals surface area contributed by atoms with Crippen LogP contribution in [0.25, 0.3) is 0 Å². The van der Waals surface area contributed by atoms with Gasteiger partial charge < -0.3 is 10.8 Å². The molecule has 0 bridgehead atoms. The molecule has 0 radical (unpaired) electrons. The third-order valence-electron chi connectivity index (χ3n) is 4.05. The van der Waals surface area contributed by atoms with Gasteiger partial charge in [0.25, 0.3) is 0 Å². The second-order valence-corrected chi connectivity index (χ2v) is 5.33. The van der Waals surface area contributed by atoms with Gasteiger partial charge in [-0.15, -0.1) is 0 Å². The van der Waals surface area contributed by atoms with Crippen LogP contribution >= 0.6 is 0 Å². The second-order valence-electron chi connectivity index (χ2n) is 5.33. The van der Waals surface area contributed by atoms with Gasteiger partial charge in [0.2, 0.25) is 0 Å². The predicted molar refractivity (Wildman–Crippen MR) is 60.5 cm³/mol. The van der Waals surface area contributed by atoms with Crippen molar-refractivity contribution >= 4 is 5.97 Å². The average molecular weight is 213 g/mol. The fraction of sp³-hybridized carbons (Fsp3) is 0.917. The largest absolute Gasteiger partial charge is 0.481 e. The standard InChI is InChI=1S/C12H23NO2/c1-9-4-3-5-12(8-13,6-10(9)2)7-11(14)15/h9-10H,3-8,13H2,1-2H3,(H,14,15)/t9-,10-,12?/m0/s1. The molecule has 0 spiro atoms. The number of aliphatic carboxylic acids is 1. The molecule has 0 aliphatic heterocycles. The maximum atomic E-state index is 10.9. The van der Waals surface area contributed by atoms with E-state index in [1.807, 2.05) is 0 Å². The van der Waals surface area contributed by atoms with E-state index in [0.29, 0.717) is 18.4 Å². The Morgan fingerprint density at radius 2 is 2.13 bits per heavy atom. The molecule has 0 saturated heterocycles. The lowest BCUT2D eigenvalue weighted by molar-refractivity contribution is -0.140. The number of hydrogen-bond donors (Lipinski definition) is 2. The van der Waals surface area contributed by atoms with E-state index in [-0.39, 0.29) is 11.8 Å². The van der Waals surface area contributed by atoms with Crippen LogP contribution in [0.15, 0.2) is 0 Å². The molecule has 88 valence electrons. The lowest BCUT2D eigenvalue weighted by Crippen LogP contribution is -2.34. The molecule has 1 saturated carbocycles. The van der Waals surface area contributed by atoms with Crippen LogP contribution in [-0.4, -0.2) is 17.6 Å². The predicted octanol–water partition coefficient (Wildman–Crippen LogP) is 2.25. The zero-order valence-corrected chi connectivity index (χ0v) is 9.83. The van der Waals surface area contributed by atoms with E-state index in [1.165, 1.54) is 6.42 Å². The van der Waals surface area contributed by atoms with Crippen LogP contribution in [0.4, 0.5) is 0 Å². The van der Waals surface area contributed by atoms with Crippen LogP contribution in [0.2, 0.25) is 0 Å². The van der Waals surface area contributed by atoms with Gasteiger partial charge in [0, 0.05) is 0 Å². The molecule has 1 rings (SSSR count). The molecule has 0 aromatic carbocycles. The van der Waals surface area contributed by atoms with Crippen molar-refractivity contribution in [2.45, 2.75) is 46.0 Å². The third-order valence-corrected chi connectivity index (χ3v) is 4.05. The van der Waals surface area contributed by atoms with E-state index < -0.39 is 5.97 Å². The molecule has 0 aromatic heterocycles. The molecule has 1 unspecified atom stereocenters. The molecule has 0 amide bonds. The summed E-state index contributed by atoms with van der Waals surface area (Å²) in [6.07, 6.45) is 4.51. The Hall–Kier alpha value is -0.570. The number of hydrogen-bond acceptors (Lipinski definition) is 2. The van der Waals surface area contributed by atoms with Crippen LogP contribution in [-0.2, 0) is 4.79 Å². The average Bonchev–Trinajstić information content (AvgIpc) is 2.27. The van der Waals surface area contributed by atoms with Gasteiger partial charge in [-0.25, -0.2) is 0 Å². The Labute approximate surface area is 92.0 Å². The van der Waals surface area contributed by atoms with Crippen molar-refractivity contribution < 1.29 is 9.90 Å². The molecule has 0 aromatic rings. The van der Waals surface area contributed by atoms with Gasteiger partial charge in [0.05, 0.1) is 6.42 Å². The number of carboxylic acids is 1. The van der Waals surface area contributed by atoms with Gasteiger partial charge in [-0.05, 0) is 36.6 Å². The fourth-order valence-electron chi connectivity index (χ4n) is 2.81. The first-order valence-electron chi connectivity index (χ1n) is 5.91. The molecular formula is C12H23NO2. The lowest BCUT2D eigenvalue weighted by atomic mass is 9.74. The molecule has 3 N–H and O–H groups in total. The van der Waals surface area contributed by atoms with E-state index in [0.717, 1.165) is 19.3 Å². The SMILES string of the molecule is C[C@H]1CCCC(CN)(CC(=O)O)C[C@@H]1C. The topological polar surface area (TPSA) is 63.3 Å². The Kier molecular flexibility index (Phi) is 4.14. The van der Waals surface area contributed by atoms with Gasteiger partial charge in [-0.1, -0.05) is 26.7 Å². The molecule has 3 heteroatoms. The van der Waals surface area contributed by atoms with E-state index in [4.69, 9.17) is 10.8 Å². The zero-order valence-electron chi connectivity index (χ0n) is 9.83. The van der Waals surface area contributed by atoms with Crippen molar-refractivity contribution in [3.05, 3.63) is 0 Å². The smallest absolute Gasteiger partial charge is 0.303 e. The monoisotopic (exact) mass is 213 g/mol. The van der Waals surface area contributed by atoms with E-state index >= 15 is 0 Å². The second kappa shape index (κ2) is 4.97. The van der Waals surface area contributed by atoms with Crippen LogP contribution < -0.4 is 5.73 Å². The number of rotatable bonds is 3. The third kappa shape index (κ3) is 3.20. The van der Waals surface area contributed by atoms with Crippen molar-refractivity contribution in [1.29, 1.82) is 0 Å². The van der Waals surface area contributed by atoms with Crippen LogP contribution in [0.1, 0.15) is 46.0 Å². The summed E-state index contributed by atoms with van der Waals surface area (Å²) in [5.74, 6) is 0.588. The molecule has 3 atom stereocenters. The summed E-state index contributed by atoms with van der Waals surface area (Å²) in [6, 6.07) is 0. The summed E-state index contributed by atoms with van der Waals surface area (Å²) >= 11 is 0. The van der Waals surface area contributed by atoms with Crippen molar-refractivity contribution in [3.63, 3.8) is 0 Å². The van der Waals surface area contributed by atoms with Crippen LogP contribution in [0.5, 0.6) is 0 Å². The van der Waals surface area contributed by atoms with Crippen molar-refractivity contribution in [1.82, 2.24) is 0 Å². The van der Waals surface area contributed by atoms with Gasteiger partial charge in [-0.3, -0.25) is 4.79 Å². The summed E-state index contributed by atoms with van der Waals surface area (Å²) in [5, 5.41) is 8.95. The molecule has 0 heterocycles. The minimum absolute atomic E-state index is 0.143. The van der Waals surface area contributed by atoms with Gasteiger partial charge in [0.1, 0.15) is 0 Å². The first-order chi connectivity index (χ1) is 6.99. The Bertz CT molecular complexity index is 230. The summed E-state index contributed by atoms with van der Waals surface area (Å²) in [7, 11) is 0.